The van der Waals surface area contributed by atoms with Crippen molar-refractivity contribution in [2.75, 3.05) is 19.7 Å². The fraction of sp³-hybridized carbons (Fsp3) is 1.00. The lowest BCUT2D eigenvalue weighted by molar-refractivity contribution is 0.0534. The van der Waals surface area contributed by atoms with E-state index < -0.39 is 0 Å². The van der Waals surface area contributed by atoms with Gasteiger partial charge < -0.3 is 10.2 Å². The summed E-state index contributed by atoms with van der Waals surface area (Å²) >= 11 is 0. The van der Waals surface area contributed by atoms with Gasteiger partial charge in [-0.3, -0.25) is 4.90 Å². The van der Waals surface area contributed by atoms with E-state index in [4.69, 9.17) is 0 Å². The molecule has 0 bridgehead atoms. The molecule has 0 heterocycles. The van der Waals surface area contributed by atoms with Crippen LogP contribution in [0.15, 0.2) is 0 Å². The SMILES string of the molecule is OCCN(CC1CCCCCC1O)C1CCCC1. The van der Waals surface area contributed by atoms with Crippen LogP contribution in [-0.4, -0.2) is 47.0 Å². The quantitative estimate of drug-likeness (QED) is 0.740. The highest BCUT2D eigenvalue weighted by molar-refractivity contribution is 4.82. The smallest absolute Gasteiger partial charge is 0.0580 e. The van der Waals surface area contributed by atoms with Crippen LogP contribution in [0.25, 0.3) is 0 Å². The topological polar surface area (TPSA) is 43.7 Å². The molecule has 0 aliphatic heterocycles. The minimum atomic E-state index is -0.116. The van der Waals surface area contributed by atoms with Gasteiger partial charge in [0, 0.05) is 19.1 Å². The van der Waals surface area contributed by atoms with Crippen LogP contribution < -0.4 is 0 Å². The first-order valence-electron chi connectivity index (χ1n) is 7.84. The highest BCUT2D eigenvalue weighted by Crippen LogP contribution is 2.28. The van der Waals surface area contributed by atoms with Crippen LogP contribution in [0.2, 0.25) is 0 Å². The van der Waals surface area contributed by atoms with Gasteiger partial charge in [-0.2, -0.15) is 0 Å². The Morgan fingerprint density at radius 3 is 2.28 bits per heavy atom. The zero-order chi connectivity index (χ0) is 12.8. The van der Waals surface area contributed by atoms with Crippen LogP contribution in [0.1, 0.15) is 57.8 Å². The normalized spacial score (nSPS) is 30.8. The van der Waals surface area contributed by atoms with Gasteiger partial charge in [-0.1, -0.05) is 32.1 Å². The molecule has 3 nitrogen and oxygen atoms in total. The van der Waals surface area contributed by atoms with Crippen molar-refractivity contribution in [1.82, 2.24) is 4.90 Å². The van der Waals surface area contributed by atoms with Gasteiger partial charge in [0.15, 0.2) is 0 Å². The van der Waals surface area contributed by atoms with Gasteiger partial charge in [0.1, 0.15) is 0 Å². The lowest BCUT2D eigenvalue weighted by Gasteiger charge is -2.33. The molecule has 0 spiro atoms. The van der Waals surface area contributed by atoms with E-state index in [0.29, 0.717) is 12.0 Å². The molecule has 0 aromatic heterocycles. The fourth-order valence-electron chi connectivity index (χ4n) is 3.70. The summed E-state index contributed by atoms with van der Waals surface area (Å²) in [5.74, 6) is 0.430. The summed E-state index contributed by atoms with van der Waals surface area (Å²) in [6.07, 6.45) is 11.0. The number of rotatable bonds is 5. The summed E-state index contributed by atoms with van der Waals surface area (Å²) in [5.41, 5.74) is 0. The van der Waals surface area contributed by atoms with Crippen molar-refractivity contribution in [2.24, 2.45) is 5.92 Å². The standard InChI is InChI=1S/C15H29NO2/c17-11-10-16(14-7-4-5-8-14)12-13-6-2-1-3-9-15(13)18/h13-15,17-18H,1-12H2. The Bertz CT molecular complexity index is 229. The molecule has 0 radical (unpaired) electrons. The Hall–Kier alpha value is -0.120. The summed E-state index contributed by atoms with van der Waals surface area (Å²) in [7, 11) is 0. The zero-order valence-corrected chi connectivity index (χ0v) is 11.6. The van der Waals surface area contributed by atoms with Crippen LogP contribution >= 0.6 is 0 Å². The maximum absolute atomic E-state index is 10.2. The van der Waals surface area contributed by atoms with E-state index in [-0.39, 0.29) is 12.7 Å². The second kappa shape index (κ2) is 7.46. The summed E-state index contributed by atoms with van der Waals surface area (Å²) in [6, 6.07) is 0.660. The third-order valence-corrected chi connectivity index (χ3v) is 4.82. The van der Waals surface area contributed by atoms with E-state index in [0.717, 1.165) is 25.9 Å². The Morgan fingerprint density at radius 1 is 0.889 bits per heavy atom. The fourth-order valence-corrected chi connectivity index (χ4v) is 3.70. The van der Waals surface area contributed by atoms with Crippen LogP contribution in [0.4, 0.5) is 0 Å². The molecule has 2 atom stereocenters. The molecule has 2 unspecified atom stereocenters. The number of aliphatic hydroxyl groups is 2. The van der Waals surface area contributed by atoms with Crippen molar-refractivity contribution in [3.05, 3.63) is 0 Å². The lowest BCUT2D eigenvalue weighted by Crippen LogP contribution is -2.41. The molecule has 106 valence electrons. The first-order chi connectivity index (χ1) is 8.81. The van der Waals surface area contributed by atoms with Crippen LogP contribution in [-0.2, 0) is 0 Å². The first kappa shape index (κ1) is 14.3. The van der Waals surface area contributed by atoms with Crippen molar-refractivity contribution in [2.45, 2.75) is 69.9 Å². The van der Waals surface area contributed by atoms with E-state index in [1.807, 2.05) is 0 Å². The summed E-state index contributed by atoms with van der Waals surface area (Å²) < 4.78 is 0. The molecule has 0 saturated heterocycles. The third kappa shape index (κ3) is 3.94. The number of hydrogen-bond acceptors (Lipinski definition) is 3. The van der Waals surface area contributed by atoms with Gasteiger partial charge in [-0.25, -0.2) is 0 Å². The van der Waals surface area contributed by atoms with Crippen LogP contribution in [0.3, 0.4) is 0 Å². The van der Waals surface area contributed by atoms with E-state index in [1.165, 1.54) is 44.9 Å². The maximum atomic E-state index is 10.2. The maximum Gasteiger partial charge on any atom is 0.0580 e. The van der Waals surface area contributed by atoms with Gasteiger partial charge >= 0.3 is 0 Å². The van der Waals surface area contributed by atoms with Gasteiger partial charge in [0.25, 0.3) is 0 Å². The van der Waals surface area contributed by atoms with E-state index in [2.05, 4.69) is 4.90 Å². The van der Waals surface area contributed by atoms with Gasteiger partial charge in [-0.05, 0) is 31.6 Å². The minimum Gasteiger partial charge on any atom is -0.395 e. The van der Waals surface area contributed by atoms with Gasteiger partial charge in [0.05, 0.1) is 12.7 Å². The second-order valence-electron chi connectivity index (χ2n) is 6.12. The average Bonchev–Trinajstić information content (AvgIpc) is 2.82. The van der Waals surface area contributed by atoms with Crippen molar-refractivity contribution in [1.29, 1.82) is 0 Å². The van der Waals surface area contributed by atoms with Crippen molar-refractivity contribution in [3.8, 4) is 0 Å². The molecule has 2 rings (SSSR count). The number of nitrogens with zero attached hydrogens (tertiary/aromatic N) is 1. The van der Waals surface area contributed by atoms with E-state index >= 15 is 0 Å². The summed E-state index contributed by atoms with van der Waals surface area (Å²) in [4.78, 5) is 2.45. The first-order valence-corrected chi connectivity index (χ1v) is 7.84. The predicted octanol–water partition coefficient (Wildman–Crippen LogP) is 2.16. The molecular formula is C15H29NO2. The highest BCUT2D eigenvalue weighted by Gasteiger charge is 2.28. The molecule has 0 amide bonds. The average molecular weight is 255 g/mol. The minimum absolute atomic E-state index is 0.116. The Kier molecular flexibility index (Phi) is 5.93. The number of aliphatic hydroxyl groups excluding tert-OH is 2. The van der Waals surface area contributed by atoms with E-state index in [9.17, 15) is 10.2 Å². The molecule has 18 heavy (non-hydrogen) atoms. The van der Waals surface area contributed by atoms with E-state index in [1.54, 1.807) is 0 Å². The molecule has 2 saturated carbocycles. The molecule has 2 N–H and O–H groups in total. The van der Waals surface area contributed by atoms with Crippen molar-refractivity contribution in [3.63, 3.8) is 0 Å². The molecule has 0 aromatic rings. The molecule has 3 heteroatoms. The Labute approximate surface area is 111 Å². The second-order valence-corrected chi connectivity index (χ2v) is 6.12. The van der Waals surface area contributed by atoms with Gasteiger partial charge in [0.2, 0.25) is 0 Å². The molecule has 2 aliphatic carbocycles. The molecule has 2 fully saturated rings. The Morgan fingerprint density at radius 2 is 1.56 bits per heavy atom. The largest absolute Gasteiger partial charge is 0.395 e. The van der Waals surface area contributed by atoms with Gasteiger partial charge in [-0.15, -0.1) is 0 Å². The number of hydrogen-bond donors (Lipinski definition) is 2. The Balaban J connectivity index is 1.89. The van der Waals surface area contributed by atoms with Crippen LogP contribution in [0, 0.1) is 5.92 Å². The summed E-state index contributed by atoms with van der Waals surface area (Å²) in [5, 5.41) is 19.5. The zero-order valence-electron chi connectivity index (χ0n) is 11.6. The molecular weight excluding hydrogens is 226 g/mol. The summed E-state index contributed by atoms with van der Waals surface area (Å²) in [6.45, 7) is 2.03. The molecule has 0 aromatic carbocycles. The molecule has 2 aliphatic rings. The highest BCUT2D eigenvalue weighted by atomic mass is 16.3. The lowest BCUT2D eigenvalue weighted by atomic mass is 9.96. The van der Waals surface area contributed by atoms with Crippen molar-refractivity contribution < 1.29 is 10.2 Å². The monoisotopic (exact) mass is 255 g/mol. The third-order valence-electron chi connectivity index (χ3n) is 4.82. The van der Waals surface area contributed by atoms with Crippen molar-refractivity contribution >= 4 is 0 Å². The van der Waals surface area contributed by atoms with Crippen LogP contribution in [0.5, 0.6) is 0 Å². The predicted molar refractivity (Wildman–Crippen MR) is 73.5 cm³/mol.